The molecule has 0 fully saturated rings. The maximum Gasteiger partial charge on any atom is 0.269 e. The van der Waals surface area contributed by atoms with Gasteiger partial charge in [0.2, 0.25) is 0 Å². The van der Waals surface area contributed by atoms with Gasteiger partial charge in [-0.25, -0.2) is 4.39 Å². The second-order valence-corrected chi connectivity index (χ2v) is 5.12. The molecule has 0 aromatic heterocycles. The van der Waals surface area contributed by atoms with Crippen molar-refractivity contribution in [2.75, 3.05) is 13.6 Å². The molecule has 0 unspecified atom stereocenters. The lowest BCUT2D eigenvalue weighted by Crippen LogP contribution is -2.37. The third-order valence-electron chi connectivity index (χ3n) is 3.45. The Balaban J connectivity index is 1.83. The molecule has 2 N–H and O–H groups in total. The molecule has 2 aromatic carbocycles. The number of nitrogens with zero attached hydrogens (tertiary/aromatic N) is 2. The van der Waals surface area contributed by atoms with Crippen molar-refractivity contribution >= 4 is 11.6 Å². The predicted octanol–water partition coefficient (Wildman–Crippen LogP) is 2.64. The Labute approximate surface area is 139 Å². The number of aliphatic imine (C=N–C) groups is 1. The first kappa shape index (κ1) is 17.4. The average Bonchev–Trinajstić information content (AvgIpc) is 2.59. The maximum absolute atomic E-state index is 13.5. The second kappa shape index (κ2) is 8.61. The molecule has 0 radical (unpaired) electrons. The molecular formula is C17H19FN4O2. The van der Waals surface area contributed by atoms with Crippen LogP contribution in [0.5, 0.6) is 0 Å². The lowest BCUT2D eigenvalue weighted by atomic mass is 10.1. The van der Waals surface area contributed by atoms with Crippen LogP contribution < -0.4 is 10.6 Å². The van der Waals surface area contributed by atoms with E-state index < -0.39 is 4.92 Å². The Morgan fingerprint density at radius 2 is 2.00 bits per heavy atom. The smallest absolute Gasteiger partial charge is 0.269 e. The highest BCUT2D eigenvalue weighted by Gasteiger charge is 2.06. The van der Waals surface area contributed by atoms with E-state index in [0.29, 0.717) is 31.0 Å². The Hall–Kier alpha value is -2.96. The van der Waals surface area contributed by atoms with Crippen LogP contribution in [0.4, 0.5) is 10.1 Å². The lowest BCUT2D eigenvalue weighted by molar-refractivity contribution is -0.384. The molecule has 0 aliphatic heterocycles. The van der Waals surface area contributed by atoms with Crippen LogP contribution in [0.25, 0.3) is 0 Å². The number of halogens is 1. The summed E-state index contributed by atoms with van der Waals surface area (Å²) in [4.78, 5) is 14.4. The summed E-state index contributed by atoms with van der Waals surface area (Å²) >= 11 is 0. The molecule has 6 nitrogen and oxygen atoms in total. The van der Waals surface area contributed by atoms with Gasteiger partial charge >= 0.3 is 0 Å². The van der Waals surface area contributed by atoms with Gasteiger partial charge < -0.3 is 10.6 Å². The van der Waals surface area contributed by atoms with Crippen LogP contribution in [0.15, 0.2) is 53.5 Å². The van der Waals surface area contributed by atoms with E-state index >= 15 is 0 Å². The van der Waals surface area contributed by atoms with Gasteiger partial charge in [0.25, 0.3) is 5.69 Å². The maximum atomic E-state index is 13.5. The van der Waals surface area contributed by atoms with E-state index in [1.165, 1.54) is 18.2 Å². The normalized spacial score (nSPS) is 11.2. The Kier molecular flexibility index (Phi) is 6.24. The standard InChI is InChI=1S/C17H19FN4O2/c1-19-17(20-10-9-14-6-2-3-8-16(14)18)21-12-13-5-4-7-15(11-13)22(23)24/h2-8,11H,9-10,12H2,1H3,(H2,19,20,21). The van der Waals surface area contributed by atoms with E-state index in [2.05, 4.69) is 15.6 Å². The summed E-state index contributed by atoms with van der Waals surface area (Å²) in [5.74, 6) is 0.330. The summed E-state index contributed by atoms with van der Waals surface area (Å²) in [5, 5.41) is 16.9. The molecule has 0 spiro atoms. The van der Waals surface area contributed by atoms with Gasteiger partial charge in [-0.15, -0.1) is 0 Å². The van der Waals surface area contributed by atoms with Crippen LogP contribution in [-0.2, 0) is 13.0 Å². The molecule has 0 aliphatic carbocycles. The molecule has 0 bridgehead atoms. The number of hydrogen-bond donors (Lipinski definition) is 2. The predicted molar refractivity (Wildman–Crippen MR) is 91.4 cm³/mol. The largest absolute Gasteiger partial charge is 0.356 e. The van der Waals surface area contributed by atoms with Crippen LogP contribution in [0.1, 0.15) is 11.1 Å². The minimum atomic E-state index is -0.426. The zero-order valence-corrected chi connectivity index (χ0v) is 13.3. The lowest BCUT2D eigenvalue weighted by Gasteiger charge is -2.12. The molecule has 0 aliphatic rings. The highest BCUT2D eigenvalue weighted by Crippen LogP contribution is 2.12. The van der Waals surface area contributed by atoms with Crippen LogP contribution in [0.2, 0.25) is 0 Å². The van der Waals surface area contributed by atoms with Crippen molar-refractivity contribution in [2.24, 2.45) is 4.99 Å². The number of hydrogen-bond acceptors (Lipinski definition) is 3. The SMILES string of the molecule is CN=C(NCCc1ccccc1F)NCc1cccc([N+](=O)[O-])c1. The third kappa shape index (κ3) is 5.05. The number of nitrogens with one attached hydrogen (secondary N) is 2. The van der Waals surface area contributed by atoms with Gasteiger partial charge in [-0.05, 0) is 23.6 Å². The molecule has 0 saturated carbocycles. The fraction of sp³-hybridized carbons (Fsp3) is 0.235. The van der Waals surface area contributed by atoms with Crippen LogP contribution >= 0.6 is 0 Å². The first-order valence-corrected chi connectivity index (χ1v) is 7.51. The highest BCUT2D eigenvalue weighted by molar-refractivity contribution is 5.79. The minimum Gasteiger partial charge on any atom is -0.356 e. The third-order valence-corrected chi connectivity index (χ3v) is 3.45. The average molecular weight is 330 g/mol. The molecule has 0 heterocycles. The second-order valence-electron chi connectivity index (χ2n) is 5.12. The van der Waals surface area contributed by atoms with E-state index in [0.717, 1.165) is 5.56 Å². The quantitative estimate of drug-likeness (QED) is 0.369. The van der Waals surface area contributed by atoms with E-state index in [1.807, 2.05) is 0 Å². The van der Waals surface area contributed by atoms with Gasteiger partial charge in [-0.1, -0.05) is 30.3 Å². The van der Waals surface area contributed by atoms with Crippen molar-refractivity contribution in [1.29, 1.82) is 0 Å². The van der Waals surface area contributed by atoms with E-state index in [1.54, 1.807) is 37.4 Å². The molecule has 0 amide bonds. The molecule has 0 atom stereocenters. The zero-order valence-electron chi connectivity index (χ0n) is 13.3. The van der Waals surface area contributed by atoms with Crippen LogP contribution in [-0.4, -0.2) is 24.5 Å². The van der Waals surface area contributed by atoms with Gasteiger partial charge in [-0.2, -0.15) is 0 Å². The monoisotopic (exact) mass is 330 g/mol. The van der Waals surface area contributed by atoms with Gasteiger partial charge in [0, 0.05) is 32.3 Å². The summed E-state index contributed by atoms with van der Waals surface area (Å²) in [6, 6.07) is 13.0. The molecule has 0 saturated heterocycles. The minimum absolute atomic E-state index is 0.0526. The molecule has 126 valence electrons. The van der Waals surface area contributed by atoms with Gasteiger partial charge in [0.05, 0.1) is 4.92 Å². The Morgan fingerprint density at radius 1 is 1.21 bits per heavy atom. The molecule has 7 heteroatoms. The summed E-state index contributed by atoms with van der Waals surface area (Å²) in [6.45, 7) is 0.927. The fourth-order valence-corrected chi connectivity index (χ4v) is 2.20. The topological polar surface area (TPSA) is 79.6 Å². The highest BCUT2D eigenvalue weighted by atomic mass is 19.1. The van der Waals surface area contributed by atoms with Crippen molar-refractivity contribution in [3.63, 3.8) is 0 Å². The van der Waals surface area contributed by atoms with Crippen molar-refractivity contribution in [3.05, 3.63) is 75.6 Å². The van der Waals surface area contributed by atoms with Crippen LogP contribution in [0.3, 0.4) is 0 Å². The first-order chi connectivity index (χ1) is 11.6. The van der Waals surface area contributed by atoms with Crippen molar-refractivity contribution in [2.45, 2.75) is 13.0 Å². The number of nitro groups is 1. The fourth-order valence-electron chi connectivity index (χ4n) is 2.20. The Bertz CT molecular complexity index is 734. The molecule has 2 rings (SSSR count). The summed E-state index contributed by atoms with van der Waals surface area (Å²) in [7, 11) is 1.63. The summed E-state index contributed by atoms with van der Waals surface area (Å²) in [6.07, 6.45) is 0.532. The van der Waals surface area contributed by atoms with Crippen molar-refractivity contribution < 1.29 is 9.31 Å². The van der Waals surface area contributed by atoms with Gasteiger partial charge in [0.15, 0.2) is 5.96 Å². The molecule has 2 aromatic rings. The van der Waals surface area contributed by atoms with Crippen molar-refractivity contribution in [1.82, 2.24) is 10.6 Å². The number of rotatable bonds is 6. The number of non-ortho nitro benzene ring substituents is 1. The first-order valence-electron chi connectivity index (χ1n) is 7.51. The number of guanidine groups is 1. The van der Waals surface area contributed by atoms with E-state index in [9.17, 15) is 14.5 Å². The Morgan fingerprint density at radius 3 is 2.71 bits per heavy atom. The van der Waals surface area contributed by atoms with Gasteiger partial charge in [0.1, 0.15) is 5.82 Å². The van der Waals surface area contributed by atoms with Crippen LogP contribution in [0, 0.1) is 15.9 Å². The zero-order chi connectivity index (χ0) is 17.4. The summed E-state index contributed by atoms with van der Waals surface area (Å²) < 4.78 is 13.5. The van der Waals surface area contributed by atoms with E-state index in [-0.39, 0.29) is 11.5 Å². The summed E-state index contributed by atoms with van der Waals surface area (Å²) in [5.41, 5.74) is 1.47. The molecule has 24 heavy (non-hydrogen) atoms. The van der Waals surface area contributed by atoms with E-state index in [4.69, 9.17) is 0 Å². The number of benzene rings is 2. The molecular weight excluding hydrogens is 311 g/mol. The van der Waals surface area contributed by atoms with Crippen molar-refractivity contribution in [3.8, 4) is 0 Å². The number of nitro benzene ring substituents is 1. The van der Waals surface area contributed by atoms with Gasteiger partial charge in [-0.3, -0.25) is 15.1 Å².